The van der Waals surface area contributed by atoms with Crippen molar-refractivity contribution in [2.75, 3.05) is 5.32 Å². The van der Waals surface area contributed by atoms with Crippen LogP contribution < -0.4 is 5.32 Å². The van der Waals surface area contributed by atoms with Crippen LogP contribution in [0.5, 0.6) is 0 Å². The zero-order chi connectivity index (χ0) is 10.2. The first-order chi connectivity index (χ1) is 6.79. The minimum atomic E-state index is -1.03. The van der Waals surface area contributed by atoms with E-state index < -0.39 is 6.09 Å². The summed E-state index contributed by atoms with van der Waals surface area (Å²) in [6.45, 7) is 0. The molecule has 0 aliphatic rings. The second-order valence-electron chi connectivity index (χ2n) is 2.57. The van der Waals surface area contributed by atoms with E-state index in [1.165, 1.54) is 0 Å². The predicted octanol–water partition coefficient (Wildman–Crippen LogP) is 2.90. The van der Waals surface area contributed by atoms with E-state index in [0.29, 0.717) is 5.69 Å². The maximum Gasteiger partial charge on any atom is 2.00 e. The summed E-state index contributed by atoms with van der Waals surface area (Å²) in [7, 11) is 0. The molecule has 0 spiro atoms. The number of carbonyl (C=O) groups is 1. The van der Waals surface area contributed by atoms with Gasteiger partial charge in [0.1, 0.15) is 0 Å². The molecule has 0 radical (unpaired) electrons. The zero-order valence-electron chi connectivity index (χ0n) is 7.91. The molecule has 3 nitrogen and oxygen atoms in total. The monoisotopic (exact) mass is 245 g/mol. The molecule has 1 amide bonds. The standard InChI is InChI=1S/C6H6NO2.C5H5.Fe/c8-6(9)7-5-3-1-2-4-5;1-2-4-5-3-1;/h1-4,7H,(H,8,9);1-5H;/q2*-1;+2. The Labute approximate surface area is 98.9 Å². The van der Waals surface area contributed by atoms with E-state index in [2.05, 4.69) is 5.32 Å². The van der Waals surface area contributed by atoms with E-state index in [1.54, 1.807) is 24.3 Å². The maximum absolute atomic E-state index is 9.96. The third-order valence-corrected chi connectivity index (χ3v) is 1.47. The first-order valence-electron chi connectivity index (χ1n) is 4.17. The Bertz CT molecular complexity index is 323. The number of amides is 1. The van der Waals surface area contributed by atoms with Crippen molar-refractivity contribution < 1.29 is 27.0 Å². The molecule has 2 rings (SSSR count). The Balaban J connectivity index is 0.000000280. The number of carboxylic acid groups (broad SMARTS) is 1. The minimum absolute atomic E-state index is 0. The molecule has 2 aromatic carbocycles. The van der Waals surface area contributed by atoms with Gasteiger partial charge >= 0.3 is 23.2 Å². The van der Waals surface area contributed by atoms with Crippen molar-refractivity contribution in [3.63, 3.8) is 0 Å². The van der Waals surface area contributed by atoms with Crippen molar-refractivity contribution in [1.29, 1.82) is 0 Å². The molecule has 0 saturated carbocycles. The van der Waals surface area contributed by atoms with Gasteiger partial charge in [-0.2, -0.15) is 30.3 Å². The predicted molar refractivity (Wildman–Crippen MR) is 55.7 cm³/mol. The van der Waals surface area contributed by atoms with Gasteiger partial charge in [-0.1, -0.05) is 0 Å². The van der Waals surface area contributed by atoms with E-state index in [1.807, 2.05) is 30.3 Å². The molecule has 0 aromatic heterocycles. The van der Waals surface area contributed by atoms with Crippen molar-refractivity contribution in [3.8, 4) is 0 Å². The number of rotatable bonds is 1. The van der Waals surface area contributed by atoms with Crippen LogP contribution in [0, 0.1) is 0 Å². The Kier molecular flexibility index (Phi) is 7.06. The maximum atomic E-state index is 9.96. The molecule has 0 bridgehead atoms. The summed E-state index contributed by atoms with van der Waals surface area (Å²) in [4.78, 5) is 9.96. The van der Waals surface area contributed by atoms with Crippen LogP contribution in [0.3, 0.4) is 0 Å². The SMILES string of the molecule is O=C(O)N[c-]1cccc1.[Fe+2].c1cc[cH-]c1. The molecule has 0 atom stereocenters. The first-order valence-corrected chi connectivity index (χ1v) is 4.17. The molecule has 15 heavy (non-hydrogen) atoms. The fraction of sp³-hybridized carbons (Fsp3) is 0. The van der Waals surface area contributed by atoms with Gasteiger partial charge in [0.05, 0.1) is 0 Å². The van der Waals surface area contributed by atoms with Crippen LogP contribution in [0.1, 0.15) is 0 Å². The van der Waals surface area contributed by atoms with Gasteiger partial charge in [-0.25, -0.2) is 12.1 Å². The number of hydrogen-bond acceptors (Lipinski definition) is 1. The molecule has 2 N–H and O–H groups in total. The summed E-state index contributed by atoms with van der Waals surface area (Å²) in [5.74, 6) is 0. The zero-order valence-corrected chi connectivity index (χ0v) is 9.01. The first kappa shape index (κ1) is 13.5. The van der Waals surface area contributed by atoms with Crippen molar-refractivity contribution in [2.45, 2.75) is 0 Å². The quantitative estimate of drug-likeness (QED) is 0.599. The van der Waals surface area contributed by atoms with Crippen molar-refractivity contribution in [2.24, 2.45) is 0 Å². The fourth-order valence-corrected chi connectivity index (χ4v) is 0.902. The van der Waals surface area contributed by atoms with Gasteiger partial charge in [0, 0.05) is 0 Å². The largest absolute Gasteiger partial charge is 2.00 e. The summed E-state index contributed by atoms with van der Waals surface area (Å²) in [5.41, 5.74) is 0.613. The molecular weight excluding hydrogens is 234 g/mol. The van der Waals surface area contributed by atoms with E-state index in [-0.39, 0.29) is 17.1 Å². The molecule has 2 aromatic rings. The summed E-state index contributed by atoms with van der Waals surface area (Å²) in [6.07, 6.45) is -1.03. The molecule has 0 heterocycles. The second-order valence-corrected chi connectivity index (χ2v) is 2.57. The summed E-state index contributed by atoms with van der Waals surface area (Å²) in [6, 6.07) is 16.9. The van der Waals surface area contributed by atoms with Gasteiger partial charge in [0.25, 0.3) is 0 Å². The summed E-state index contributed by atoms with van der Waals surface area (Å²) >= 11 is 0. The van der Waals surface area contributed by atoms with Gasteiger partial charge in [0.2, 0.25) is 0 Å². The number of nitrogens with one attached hydrogen (secondary N) is 1. The normalized spacial score (nSPS) is 8.00. The van der Waals surface area contributed by atoms with Crippen molar-refractivity contribution in [1.82, 2.24) is 0 Å². The second kappa shape index (κ2) is 7.85. The minimum Gasteiger partial charge on any atom is -0.508 e. The van der Waals surface area contributed by atoms with Crippen molar-refractivity contribution in [3.05, 3.63) is 54.6 Å². The van der Waals surface area contributed by atoms with Crippen LogP contribution in [0.2, 0.25) is 0 Å². The van der Waals surface area contributed by atoms with Gasteiger partial charge in [-0.15, -0.1) is 12.1 Å². The Morgan fingerprint density at radius 2 is 1.67 bits per heavy atom. The van der Waals surface area contributed by atoms with Gasteiger partial charge in [-0.3, -0.25) is 4.79 Å². The smallest absolute Gasteiger partial charge is 0.508 e. The van der Waals surface area contributed by atoms with Crippen LogP contribution in [-0.4, -0.2) is 11.2 Å². The summed E-state index contributed by atoms with van der Waals surface area (Å²) in [5, 5.41) is 10.4. The fourth-order valence-electron chi connectivity index (χ4n) is 0.902. The van der Waals surface area contributed by atoms with Crippen LogP contribution in [-0.2, 0) is 17.1 Å². The molecular formula is C11H11FeNO2. The molecule has 0 saturated heterocycles. The van der Waals surface area contributed by atoms with Gasteiger partial charge < -0.3 is 10.4 Å². The Morgan fingerprint density at radius 1 is 1.13 bits per heavy atom. The molecule has 0 fully saturated rings. The molecule has 0 unspecified atom stereocenters. The Morgan fingerprint density at radius 3 is 2.00 bits per heavy atom. The van der Waals surface area contributed by atoms with Crippen LogP contribution in [0.15, 0.2) is 54.6 Å². The molecule has 0 aliphatic carbocycles. The van der Waals surface area contributed by atoms with Crippen LogP contribution in [0.25, 0.3) is 0 Å². The van der Waals surface area contributed by atoms with E-state index in [0.717, 1.165) is 0 Å². The average molecular weight is 245 g/mol. The third-order valence-electron chi connectivity index (χ3n) is 1.47. The van der Waals surface area contributed by atoms with Gasteiger partial charge in [0.15, 0.2) is 0 Å². The van der Waals surface area contributed by atoms with E-state index >= 15 is 0 Å². The molecule has 80 valence electrons. The van der Waals surface area contributed by atoms with Crippen LogP contribution >= 0.6 is 0 Å². The van der Waals surface area contributed by atoms with Gasteiger partial charge in [-0.05, 0) is 5.69 Å². The average Bonchev–Trinajstić information content (AvgIpc) is 2.75. The number of hydrogen-bond donors (Lipinski definition) is 2. The number of anilines is 1. The van der Waals surface area contributed by atoms with E-state index in [9.17, 15) is 4.79 Å². The third kappa shape index (κ3) is 6.55. The topological polar surface area (TPSA) is 49.3 Å². The summed E-state index contributed by atoms with van der Waals surface area (Å²) < 4.78 is 0. The van der Waals surface area contributed by atoms with Crippen molar-refractivity contribution >= 4 is 11.8 Å². The van der Waals surface area contributed by atoms with E-state index in [4.69, 9.17) is 5.11 Å². The molecule has 0 aliphatic heterocycles. The Hall–Kier alpha value is -1.51. The van der Waals surface area contributed by atoms with Crippen LogP contribution in [0.4, 0.5) is 10.5 Å². The molecule has 4 heteroatoms.